The lowest BCUT2D eigenvalue weighted by Crippen LogP contribution is -2.33. The first-order valence-electron chi connectivity index (χ1n) is 6.12. The predicted octanol–water partition coefficient (Wildman–Crippen LogP) is 2.29. The maximum atomic E-state index is 11.4. The van der Waals surface area contributed by atoms with Crippen LogP contribution < -0.4 is 10.2 Å². The maximum Gasteiger partial charge on any atom is 0.220 e. The van der Waals surface area contributed by atoms with Crippen molar-refractivity contribution in [2.75, 3.05) is 25.0 Å². The molecular weight excluding hydrogens is 212 g/mol. The van der Waals surface area contributed by atoms with Crippen molar-refractivity contribution < 1.29 is 4.79 Å². The van der Waals surface area contributed by atoms with Gasteiger partial charge >= 0.3 is 0 Å². The lowest BCUT2D eigenvalue weighted by Gasteiger charge is -2.19. The number of nitrogens with zero attached hydrogens (tertiary/aromatic N) is 1. The fourth-order valence-electron chi connectivity index (χ4n) is 1.62. The van der Waals surface area contributed by atoms with Gasteiger partial charge in [-0.15, -0.1) is 0 Å². The molecule has 1 aromatic carbocycles. The van der Waals surface area contributed by atoms with Gasteiger partial charge in [-0.05, 0) is 18.1 Å². The van der Waals surface area contributed by atoms with Gasteiger partial charge in [0, 0.05) is 32.2 Å². The molecule has 3 nitrogen and oxygen atoms in total. The molecule has 1 amide bonds. The molecule has 0 aliphatic rings. The average molecular weight is 234 g/mol. The molecule has 0 aliphatic carbocycles. The van der Waals surface area contributed by atoms with Crippen molar-refractivity contribution >= 4 is 11.6 Å². The summed E-state index contributed by atoms with van der Waals surface area (Å²) in [7, 11) is 2.03. The Balaban J connectivity index is 2.25. The molecule has 1 aromatic rings. The number of amides is 1. The SMILES string of the molecule is CC(C)CC(=O)NCCN(C)c1ccccc1. The second kappa shape index (κ2) is 6.94. The Bertz CT molecular complexity index is 335. The number of hydrogen-bond acceptors (Lipinski definition) is 2. The molecule has 1 N–H and O–H groups in total. The Morgan fingerprint density at radius 2 is 1.94 bits per heavy atom. The smallest absolute Gasteiger partial charge is 0.220 e. The molecule has 17 heavy (non-hydrogen) atoms. The minimum Gasteiger partial charge on any atom is -0.373 e. The number of likely N-dealkylation sites (N-methyl/N-ethyl adjacent to an activating group) is 1. The van der Waals surface area contributed by atoms with Crippen molar-refractivity contribution in [2.24, 2.45) is 5.92 Å². The summed E-state index contributed by atoms with van der Waals surface area (Å²) >= 11 is 0. The summed E-state index contributed by atoms with van der Waals surface area (Å²) in [6.45, 7) is 5.62. The summed E-state index contributed by atoms with van der Waals surface area (Å²) in [5.74, 6) is 0.559. The number of carbonyl (C=O) groups excluding carboxylic acids is 1. The van der Waals surface area contributed by atoms with Gasteiger partial charge in [-0.3, -0.25) is 4.79 Å². The van der Waals surface area contributed by atoms with Crippen LogP contribution in [0.4, 0.5) is 5.69 Å². The van der Waals surface area contributed by atoms with Gasteiger partial charge < -0.3 is 10.2 Å². The van der Waals surface area contributed by atoms with Crippen LogP contribution in [-0.4, -0.2) is 26.0 Å². The summed E-state index contributed by atoms with van der Waals surface area (Å²) in [6.07, 6.45) is 0.606. The Hall–Kier alpha value is -1.51. The van der Waals surface area contributed by atoms with Crippen molar-refractivity contribution in [2.45, 2.75) is 20.3 Å². The van der Waals surface area contributed by atoms with E-state index in [-0.39, 0.29) is 5.91 Å². The van der Waals surface area contributed by atoms with E-state index < -0.39 is 0 Å². The van der Waals surface area contributed by atoms with E-state index >= 15 is 0 Å². The van der Waals surface area contributed by atoms with E-state index in [1.165, 1.54) is 5.69 Å². The number of carbonyl (C=O) groups is 1. The summed E-state index contributed by atoms with van der Waals surface area (Å²) < 4.78 is 0. The van der Waals surface area contributed by atoms with E-state index in [2.05, 4.69) is 36.2 Å². The molecule has 0 spiro atoms. The molecule has 0 heterocycles. The monoisotopic (exact) mass is 234 g/mol. The van der Waals surface area contributed by atoms with Crippen molar-refractivity contribution in [1.29, 1.82) is 0 Å². The number of para-hydroxylation sites is 1. The topological polar surface area (TPSA) is 32.3 Å². The van der Waals surface area contributed by atoms with E-state index in [1.807, 2.05) is 25.2 Å². The molecule has 0 aromatic heterocycles. The quantitative estimate of drug-likeness (QED) is 0.819. The lowest BCUT2D eigenvalue weighted by molar-refractivity contribution is -0.121. The van der Waals surface area contributed by atoms with Crippen molar-refractivity contribution in [3.63, 3.8) is 0 Å². The summed E-state index contributed by atoms with van der Waals surface area (Å²) in [4.78, 5) is 13.6. The largest absolute Gasteiger partial charge is 0.373 e. The summed E-state index contributed by atoms with van der Waals surface area (Å²) in [5, 5.41) is 2.93. The van der Waals surface area contributed by atoms with Crippen molar-refractivity contribution in [1.82, 2.24) is 5.32 Å². The van der Waals surface area contributed by atoms with Crippen LogP contribution in [0.25, 0.3) is 0 Å². The summed E-state index contributed by atoms with van der Waals surface area (Å²) in [6, 6.07) is 10.2. The maximum absolute atomic E-state index is 11.4. The molecule has 94 valence electrons. The Kier molecular flexibility index (Phi) is 5.53. The van der Waals surface area contributed by atoms with Crippen LogP contribution in [-0.2, 0) is 4.79 Å². The van der Waals surface area contributed by atoms with Gasteiger partial charge in [0.2, 0.25) is 5.91 Å². The molecule has 0 radical (unpaired) electrons. The molecule has 0 saturated carbocycles. The van der Waals surface area contributed by atoms with E-state index in [4.69, 9.17) is 0 Å². The first-order valence-corrected chi connectivity index (χ1v) is 6.12. The van der Waals surface area contributed by atoms with Gasteiger partial charge in [0.15, 0.2) is 0 Å². The Morgan fingerprint density at radius 3 is 2.53 bits per heavy atom. The first-order chi connectivity index (χ1) is 8.09. The van der Waals surface area contributed by atoms with Gasteiger partial charge in [-0.1, -0.05) is 32.0 Å². The Morgan fingerprint density at radius 1 is 1.29 bits per heavy atom. The number of anilines is 1. The van der Waals surface area contributed by atoms with Crippen LogP contribution in [0.1, 0.15) is 20.3 Å². The fraction of sp³-hybridized carbons (Fsp3) is 0.500. The highest BCUT2D eigenvalue weighted by atomic mass is 16.1. The van der Waals surface area contributed by atoms with Crippen LogP contribution in [0.3, 0.4) is 0 Å². The summed E-state index contributed by atoms with van der Waals surface area (Å²) in [5.41, 5.74) is 1.17. The number of benzene rings is 1. The minimum absolute atomic E-state index is 0.140. The van der Waals surface area contributed by atoms with Crippen molar-refractivity contribution in [3.05, 3.63) is 30.3 Å². The van der Waals surface area contributed by atoms with Crippen molar-refractivity contribution in [3.8, 4) is 0 Å². The van der Waals surface area contributed by atoms with Crippen LogP contribution in [0.2, 0.25) is 0 Å². The first kappa shape index (κ1) is 13.6. The third kappa shape index (κ3) is 5.38. The average Bonchev–Trinajstić information content (AvgIpc) is 2.29. The van der Waals surface area contributed by atoms with E-state index in [0.29, 0.717) is 18.9 Å². The van der Waals surface area contributed by atoms with E-state index in [0.717, 1.165) is 6.54 Å². The zero-order valence-electron chi connectivity index (χ0n) is 10.9. The molecular formula is C14H22N2O. The third-order valence-electron chi connectivity index (χ3n) is 2.56. The highest BCUT2D eigenvalue weighted by Crippen LogP contribution is 2.09. The number of rotatable bonds is 6. The molecule has 0 bridgehead atoms. The second-order valence-corrected chi connectivity index (χ2v) is 4.71. The van der Waals surface area contributed by atoms with E-state index in [1.54, 1.807) is 0 Å². The third-order valence-corrected chi connectivity index (χ3v) is 2.56. The standard InChI is InChI=1S/C14H22N2O/c1-12(2)11-14(17)15-9-10-16(3)13-7-5-4-6-8-13/h4-8,12H,9-11H2,1-3H3,(H,15,17). The highest BCUT2D eigenvalue weighted by Gasteiger charge is 2.04. The predicted molar refractivity (Wildman–Crippen MR) is 72.2 cm³/mol. The molecule has 0 saturated heterocycles. The molecule has 1 rings (SSSR count). The minimum atomic E-state index is 0.140. The molecule has 0 aliphatic heterocycles. The normalized spacial score (nSPS) is 10.4. The number of nitrogens with one attached hydrogen (secondary N) is 1. The second-order valence-electron chi connectivity index (χ2n) is 4.71. The van der Waals surface area contributed by atoms with Crippen LogP contribution in [0.5, 0.6) is 0 Å². The molecule has 0 atom stereocenters. The van der Waals surface area contributed by atoms with Crippen LogP contribution >= 0.6 is 0 Å². The van der Waals surface area contributed by atoms with Crippen LogP contribution in [0, 0.1) is 5.92 Å². The van der Waals surface area contributed by atoms with E-state index in [9.17, 15) is 4.79 Å². The van der Waals surface area contributed by atoms with Gasteiger partial charge in [-0.2, -0.15) is 0 Å². The van der Waals surface area contributed by atoms with Gasteiger partial charge in [0.05, 0.1) is 0 Å². The fourth-order valence-corrected chi connectivity index (χ4v) is 1.62. The van der Waals surface area contributed by atoms with Crippen LogP contribution in [0.15, 0.2) is 30.3 Å². The zero-order valence-corrected chi connectivity index (χ0v) is 10.9. The molecule has 0 fully saturated rings. The highest BCUT2D eigenvalue weighted by molar-refractivity contribution is 5.76. The lowest BCUT2D eigenvalue weighted by atomic mass is 10.1. The Labute approximate surface area is 104 Å². The van der Waals surface area contributed by atoms with Gasteiger partial charge in [0.25, 0.3) is 0 Å². The zero-order chi connectivity index (χ0) is 12.7. The molecule has 3 heteroatoms. The van der Waals surface area contributed by atoms with Gasteiger partial charge in [-0.25, -0.2) is 0 Å². The van der Waals surface area contributed by atoms with Gasteiger partial charge in [0.1, 0.15) is 0 Å². The number of hydrogen-bond donors (Lipinski definition) is 1. The molecule has 0 unspecified atom stereocenters.